The second-order valence-electron chi connectivity index (χ2n) is 3.99. The molecule has 0 aliphatic heterocycles. The van der Waals surface area contributed by atoms with Gasteiger partial charge in [0, 0.05) is 6.61 Å². The number of aliphatic hydroxyl groups is 1. The minimum absolute atomic E-state index is 0.388. The maximum atomic E-state index is 8.78. The van der Waals surface area contributed by atoms with Crippen molar-refractivity contribution in [1.29, 1.82) is 0 Å². The van der Waals surface area contributed by atoms with E-state index in [-0.39, 0.29) is 0 Å². The van der Waals surface area contributed by atoms with Gasteiger partial charge in [-0.25, -0.2) is 0 Å². The van der Waals surface area contributed by atoms with Gasteiger partial charge in [-0.15, -0.1) is 0 Å². The SMILES string of the molecule is C[C@@H]1CCC[C@@H](CCO)CC1. The van der Waals surface area contributed by atoms with Gasteiger partial charge in [-0.3, -0.25) is 0 Å². The van der Waals surface area contributed by atoms with Crippen LogP contribution in [0.5, 0.6) is 0 Å². The van der Waals surface area contributed by atoms with Crippen LogP contribution in [0, 0.1) is 11.8 Å². The van der Waals surface area contributed by atoms with Gasteiger partial charge in [0.15, 0.2) is 0 Å². The van der Waals surface area contributed by atoms with Crippen molar-refractivity contribution in [3.63, 3.8) is 0 Å². The molecule has 0 aromatic heterocycles. The van der Waals surface area contributed by atoms with Crippen molar-refractivity contribution in [3.8, 4) is 0 Å². The molecule has 0 bridgehead atoms. The number of hydrogen-bond acceptors (Lipinski definition) is 1. The molecule has 0 saturated heterocycles. The summed E-state index contributed by atoms with van der Waals surface area (Å²) in [5.41, 5.74) is 0. The van der Waals surface area contributed by atoms with Crippen molar-refractivity contribution >= 4 is 0 Å². The van der Waals surface area contributed by atoms with Crippen LogP contribution in [0.15, 0.2) is 0 Å². The van der Waals surface area contributed by atoms with Crippen LogP contribution in [0.4, 0.5) is 0 Å². The standard InChI is InChI=1S/C10H20O/c1-9-3-2-4-10(6-5-9)7-8-11/h9-11H,2-8H2,1H3/t9-,10-/m1/s1. The molecule has 0 aromatic carbocycles. The highest BCUT2D eigenvalue weighted by Crippen LogP contribution is 2.28. The van der Waals surface area contributed by atoms with Crippen LogP contribution in [-0.4, -0.2) is 11.7 Å². The van der Waals surface area contributed by atoms with Gasteiger partial charge in [0.05, 0.1) is 0 Å². The molecule has 1 aliphatic carbocycles. The van der Waals surface area contributed by atoms with Gasteiger partial charge in [-0.1, -0.05) is 39.0 Å². The molecule has 0 spiro atoms. The van der Waals surface area contributed by atoms with Crippen molar-refractivity contribution in [2.45, 2.75) is 45.4 Å². The summed E-state index contributed by atoms with van der Waals surface area (Å²) in [6.07, 6.45) is 7.90. The van der Waals surface area contributed by atoms with Gasteiger partial charge in [-0.2, -0.15) is 0 Å². The summed E-state index contributed by atoms with van der Waals surface area (Å²) in [6.45, 7) is 2.74. The van der Waals surface area contributed by atoms with Crippen LogP contribution < -0.4 is 0 Å². The lowest BCUT2D eigenvalue weighted by molar-refractivity contribution is 0.247. The first-order valence-electron chi connectivity index (χ1n) is 4.93. The molecule has 1 fully saturated rings. The van der Waals surface area contributed by atoms with E-state index in [0.29, 0.717) is 6.61 Å². The van der Waals surface area contributed by atoms with E-state index in [2.05, 4.69) is 6.92 Å². The quantitative estimate of drug-likeness (QED) is 0.609. The second kappa shape index (κ2) is 4.76. The summed E-state index contributed by atoms with van der Waals surface area (Å²) in [7, 11) is 0. The van der Waals surface area contributed by atoms with E-state index in [1.165, 1.54) is 32.1 Å². The molecule has 1 aliphatic rings. The highest BCUT2D eigenvalue weighted by atomic mass is 16.3. The van der Waals surface area contributed by atoms with E-state index in [1.807, 2.05) is 0 Å². The van der Waals surface area contributed by atoms with E-state index < -0.39 is 0 Å². The average Bonchev–Trinajstić information content (AvgIpc) is 2.17. The molecular weight excluding hydrogens is 136 g/mol. The first kappa shape index (κ1) is 9.05. The fourth-order valence-corrected chi connectivity index (χ4v) is 2.04. The van der Waals surface area contributed by atoms with E-state index in [0.717, 1.165) is 18.3 Å². The largest absolute Gasteiger partial charge is 0.396 e. The lowest BCUT2D eigenvalue weighted by Crippen LogP contribution is -2.01. The monoisotopic (exact) mass is 156 g/mol. The number of aliphatic hydroxyl groups excluding tert-OH is 1. The Morgan fingerprint density at radius 1 is 1.18 bits per heavy atom. The third-order valence-electron chi connectivity index (χ3n) is 2.91. The zero-order valence-corrected chi connectivity index (χ0v) is 7.55. The molecule has 0 radical (unpaired) electrons. The van der Waals surface area contributed by atoms with Gasteiger partial charge < -0.3 is 5.11 Å². The summed E-state index contributed by atoms with van der Waals surface area (Å²) < 4.78 is 0. The Morgan fingerprint density at radius 2 is 2.00 bits per heavy atom. The minimum atomic E-state index is 0.388. The Labute approximate surface area is 69.8 Å². The van der Waals surface area contributed by atoms with Crippen LogP contribution in [-0.2, 0) is 0 Å². The summed E-state index contributed by atoms with van der Waals surface area (Å²) in [4.78, 5) is 0. The zero-order chi connectivity index (χ0) is 8.10. The topological polar surface area (TPSA) is 20.2 Å². The second-order valence-corrected chi connectivity index (χ2v) is 3.99. The summed E-state index contributed by atoms with van der Waals surface area (Å²) in [5.74, 6) is 1.75. The molecule has 0 amide bonds. The number of rotatable bonds is 2. The average molecular weight is 156 g/mol. The van der Waals surface area contributed by atoms with E-state index in [9.17, 15) is 0 Å². The Bertz CT molecular complexity index is 101. The first-order chi connectivity index (χ1) is 5.33. The van der Waals surface area contributed by atoms with Crippen molar-refractivity contribution < 1.29 is 5.11 Å². The molecule has 11 heavy (non-hydrogen) atoms. The fourth-order valence-electron chi connectivity index (χ4n) is 2.04. The maximum Gasteiger partial charge on any atom is 0.0433 e. The van der Waals surface area contributed by atoms with Crippen LogP contribution >= 0.6 is 0 Å². The van der Waals surface area contributed by atoms with Gasteiger partial charge in [-0.05, 0) is 18.3 Å². The van der Waals surface area contributed by atoms with Crippen molar-refractivity contribution in [2.75, 3.05) is 6.61 Å². The Balaban J connectivity index is 2.22. The number of hydrogen-bond donors (Lipinski definition) is 1. The van der Waals surface area contributed by atoms with Crippen LogP contribution in [0.1, 0.15) is 45.4 Å². The third-order valence-corrected chi connectivity index (χ3v) is 2.91. The molecule has 2 atom stereocenters. The van der Waals surface area contributed by atoms with Gasteiger partial charge in [0.25, 0.3) is 0 Å². The lowest BCUT2D eigenvalue weighted by atomic mass is 9.96. The van der Waals surface area contributed by atoms with Gasteiger partial charge >= 0.3 is 0 Å². The Morgan fingerprint density at radius 3 is 2.73 bits per heavy atom. The summed E-state index contributed by atoms with van der Waals surface area (Å²) in [5, 5.41) is 8.78. The van der Waals surface area contributed by atoms with E-state index in [4.69, 9.17) is 5.11 Å². The third kappa shape index (κ3) is 3.24. The predicted molar refractivity (Wildman–Crippen MR) is 47.4 cm³/mol. The normalized spacial score (nSPS) is 33.3. The van der Waals surface area contributed by atoms with E-state index >= 15 is 0 Å². The highest BCUT2D eigenvalue weighted by Gasteiger charge is 2.14. The molecule has 0 heterocycles. The Hall–Kier alpha value is -0.0400. The molecule has 1 saturated carbocycles. The smallest absolute Gasteiger partial charge is 0.0433 e. The minimum Gasteiger partial charge on any atom is -0.396 e. The van der Waals surface area contributed by atoms with Crippen LogP contribution in [0.25, 0.3) is 0 Å². The van der Waals surface area contributed by atoms with Gasteiger partial charge in [0.1, 0.15) is 0 Å². The highest BCUT2D eigenvalue weighted by molar-refractivity contribution is 4.67. The molecule has 1 heteroatoms. The first-order valence-corrected chi connectivity index (χ1v) is 4.93. The summed E-state index contributed by atoms with van der Waals surface area (Å²) >= 11 is 0. The molecule has 66 valence electrons. The molecule has 1 N–H and O–H groups in total. The molecular formula is C10H20O. The lowest BCUT2D eigenvalue weighted by Gasteiger charge is -2.11. The zero-order valence-electron chi connectivity index (χ0n) is 7.55. The van der Waals surface area contributed by atoms with Crippen molar-refractivity contribution in [1.82, 2.24) is 0 Å². The van der Waals surface area contributed by atoms with Crippen LogP contribution in [0.3, 0.4) is 0 Å². The summed E-state index contributed by atoms with van der Waals surface area (Å²) in [6, 6.07) is 0. The van der Waals surface area contributed by atoms with Crippen LogP contribution in [0.2, 0.25) is 0 Å². The fraction of sp³-hybridized carbons (Fsp3) is 1.00. The molecule has 1 rings (SSSR count). The molecule has 1 nitrogen and oxygen atoms in total. The Kier molecular flexibility index (Phi) is 3.92. The van der Waals surface area contributed by atoms with Crippen molar-refractivity contribution in [3.05, 3.63) is 0 Å². The molecule has 0 aromatic rings. The van der Waals surface area contributed by atoms with E-state index in [1.54, 1.807) is 0 Å². The predicted octanol–water partition coefficient (Wildman–Crippen LogP) is 2.59. The van der Waals surface area contributed by atoms with Crippen molar-refractivity contribution in [2.24, 2.45) is 11.8 Å². The van der Waals surface area contributed by atoms with Gasteiger partial charge in [0.2, 0.25) is 0 Å². The molecule has 0 unspecified atom stereocenters. The maximum absolute atomic E-state index is 8.78.